The average Bonchev–Trinajstić information content (AvgIpc) is 2.93. The largest absolute Gasteiger partial charge is 0.451 e. The van der Waals surface area contributed by atoms with E-state index in [2.05, 4.69) is 26.4 Å². The Morgan fingerprint density at radius 1 is 1.26 bits per heavy atom. The Hall–Kier alpha value is -2.47. The molecule has 13 heteroatoms. The van der Waals surface area contributed by atoms with Crippen LogP contribution in [0.15, 0.2) is 29.4 Å². The summed E-state index contributed by atoms with van der Waals surface area (Å²) in [6.45, 7) is 1.44. The SMILES string of the molecule is CC(Sc1nnc(C(F)(F)F)n1C)C(=O)NNC(=O)Nc1cccc(Cl)c1. The van der Waals surface area contributed by atoms with E-state index >= 15 is 0 Å². The molecule has 1 unspecified atom stereocenters. The highest BCUT2D eigenvalue weighted by atomic mass is 35.5. The number of anilines is 1. The zero-order valence-electron chi connectivity index (χ0n) is 14.0. The zero-order valence-corrected chi connectivity index (χ0v) is 15.5. The Labute approximate surface area is 160 Å². The molecule has 1 aromatic heterocycles. The van der Waals surface area contributed by atoms with Gasteiger partial charge in [-0.2, -0.15) is 13.2 Å². The van der Waals surface area contributed by atoms with Crippen LogP contribution in [-0.2, 0) is 18.0 Å². The van der Waals surface area contributed by atoms with Crippen molar-refractivity contribution < 1.29 is 22.8 Å². The minimum atomic E-state index is -4.65. The molecule has 2 aromatic rings. The van der Waals surface area contributed by atoms with Crippen LogP contribution in [0.2, 0.25) is 5.02 Å². The molecular weight excluding hydrogens is 409 g/mol. The summed E-state index contributed by atoms with van der Waals surface area (Å²) in [5, 5.41) is 8.43. The molecule has 0 radical (unpaired) electrons. The number of nitrogens with zero attached hydrogens (tertiary/aromatic N) is 3. The van der Waals surface area contributed by atoms with Gasteiger partial charge in [0.05, 0.1) is 5.25 Å². The van der Waals surface area contributed by atoms with Crippen molar-refractivity contribution >= 4 is 41.0 Å². The highest BCUT2D eigenvalue weighted by Gasteiger charge is 2.37. The van der Waals surface area contributed by atoms with Gasteiger partial charge in [-0.05, 0) is 25.1 Å². The maximum Gasteiger partial charge on any atom is 0.451 e. The smallest absolute Gasteiger partial charge is 0.307 e. The van der Waals surface area contributed by atoms with Crippen LogP contribution in [0, 0.1) is 0 Å². The first-order valence-electron chi connectivity index (χ1n) is 7.33. The molecule has 0 aliphatic rings. The van der Waals surface area contributed by atoms with E-state index in [9.17, 15) is 22.8 Å². The average molecular weight is 423 g/mol. The van der Waals surface area contributed by atoms with Crippen LogP contribution < -0.4 is 16.2 Å². The number of urea groups is 1. The monoisotopic (exact) mass is 422 g/mol. The van der Waals surface area contributed by atoms with E-state index in [4.69, 9.17) is 11.6 Å². The second kappa shape index (κ2) is 8.48. The maximum absolute atomic E-state index is 12.7. The van der Waals surface area contributed by atoms with Crippen LogP contribution >= 0.6 is 23.4 Å². The van der Waals surface area contributed by atoms with Gasteiger partial charge in [0.25, 0.3) is 5.91 Å². The third-order valence-corrected chi connectivity index (χ3v) is 4.49. The first-order valence-corrected chi connectivity index (χ1v) is 8.59. The number of nitrogens with one attached hydrogen (secondary N) is 3. The van der Waals surface area contributed by atoms with Gasteiger partial charge < -0.3 is 9.88 Å². The van der Waals surface area contributed by atoms with Crippen molar-refractivity contribution in [2.45, 2.75) is 23.5 Å². The number of carbonyl (C=O) groups is 2. The highest BCUT2D eigenvalue weighted by molar-refractivity contribution is 8.00. The maximum atomic E-state index is 12.7. The number of carbonyl (C=O) groups excluding carboxylic acids is 2. The number of benzene rings is 1. The number of halogens is 4. The Morgan fingerprint density at radius 2 is 1.96 bits per heavy atom. The fourth-order valence-corrected chi connectivity index (χ4v) is 2.83. The molecular formula is C14H14ClF3N6O2S. The molecule has 0 saturated carbocycles. The van der Waals surface area contributed by atoms with Gasteiger partial charge in [-0.15, -0.1) is 10.2 Å². The van der Waals surface area contributed by atoms with Crippen molar-refractivity contribution in [3.05, 3.63) is 35.1 Å². The molecule has 0 fully saturated rings. The summed E-state index contributed by atoms with van der Waals surface area (Å²) in [4.78, 5) is 23.7. The lowest BCUT2D eigenvalue weighted by atomic mass is 10.3. The third kappa shape index (κ3) is 5.76. The lowest BCUT2D eigenvalue weighted by Gasteiger charge is -2.13. The lowest BCUT2D eigenvalue weighted by molar-refractivity contribution is -0.147. The molecule has 8 nitrogen and oxygen atoms in total. The highest BCUT2D eigenvalue weighted by Crippen LogP contribution is 2.30. The van der Waals surface area contributed by atoms with Crippen molar-refractivity contribution in [2.24, 2.45) is 7.05 Å². The summed E-state index contributed by atoms with van der Waals surface area (Å²) in [5.74, 6) is -1.81. The van der Waals surface area contributed by atoms with Crippen LogP contribution in [0.3, 0.4) is 0 Å². The Bertz CT molecular complexity index is 845. The van der Waals surface area contributed by atoms with Crippen molar-refractivity contribution in [2.75, 3.05) is 5.32 Å². The molecule has 146 valence electrons. The number of alkyl halides is 3. The summed E-state index contributed by atoms with van der Waals surface area (Å²) < 4.78 is 38.8. The van der Waals surface area contributed by atoms with Crippen molar-refractivity contribution in [1.82, 2.24) is 25.6 Å². The predicted molar refractivity (Wildman–Crippen MR) is 93.1 cm³/mol. The molecule has 1 atom stereocenters. The van der Waals surface area contributed by atoms with Crippen LogP contribution in [0.1, 0.15) is 12.7 Å². The fourth-order valence-electron chi connectivity index (χ4n) is 1.82. The minimum absolute atomic E-state index is 0.0895. The third-order valence-electron chi connectivity index (χ3n) is 3.12. The van der Waals surface area contributed by atoms with E-state index in [1.54, 1.807) is 18.2 Å². The predicted octanol–water partition coefficient (Wildman–Crippen LogP) is 2.82. The summed E-state index contributed by atoms with van der Waals surface area (Å²) >= 11 is 6.55. The second-order valence-electron chi connectivity index (χ2n) is 5.20. The van der Waals surface area contributed by atoms with Gasteiger partial charge in [0.2, 0.25) is 5.82 Å². The molecule has 0 saturated heterocycles. The number of hydrazine groups is 1. The van der Waals surface area contributed by atoms with Crippen LogP contribution in [0.4, 0.5) is 23.7 Å². The number of rotatable bonds is 4. The fraction of sp³-hybridized carbons (Fsp3) is 0.286. The van der Waals surface area contributed by atoms with Gasteiger partial charge in [0.1, 0.15) is 0 Å². The van der Waals surface area contributed by atoms with Gasteiger partial charge in [-0.25, -0.2) is 10.2 Å². The molecule has 3 N–H and O–H groups in total. The number of hydrogen-bond donors (Lipinski definition) is 3. The molecule has 1 aromatic carbocycles. The quantitative estimate of drug-likeness (QED) is 0.519. The normalized spacial score (nSPS) is 12.4. The first kappa shape index (κ1) is 20.8. The van der Waals surface area contributed by atoms with E-state index in [-0.39, 0.29) is 5.16 Å². The number of aromatic nitrogens is 3. The molecule has 1 heterocycles. The van der Waals surface area contributed by atoms with Gasteiger partial charge >= 0.3 is 12.2 Å². The van der Waals surface area contributed by atoms with Crippen molar-refractivity contribution in [3.63, 3.8) is 0 Å². The van der Waals surface area contributed by atoms with Gasteiger partial charge in [-0.1, -0.05) is 29.4 Å². The lowest BCUT2D eigenvalue weighted by Crippen LogP contribution is -2.46. The number of amides is 3. The van der Waals surface area contributed by atoms with E-state index in [1.807, 2.05) is 0 Å². The Morgan fingerprint density at radius 3 is 2.56 bits per heavy atom. The summed E-state index contributed by atoms with van der Waals surface area (Å²) in [5.41, 5.74) is 4.70. The standard InChI is InChI=1S/C14H14ClF3N6O2S/c1-7(27-13-23-21-11(24(13)2)14(16,17)18)10(25)20-22-12(26)19-9-5-3-4-8(15)6-9/h3-7H,1-2H3,(H,20,25)(H2,19,22,26). The van der Waals surface area contributed by atoms with Gasteiger partial charge in [0, 0.05) is 17.8 Å². The molecule has 2 rings (SSSR count). The van der Waals surface area contributed by atoms with E-state index in [0.717, 1.165) is 23.4 Å². The van der Waals surface area contributed by atoms with Crippen molar-refractivity contribution in [1.29, 1.82) is 0 Å². The zero-order chi connectivity index (χ0) is 20.2. The molecule has 0 bridgehead atoms. The summed E-state index contributed by atoms with van der Waals surface area (Å²) in [6.07, 6.45) is -4.65. The van der Waals surface area contributed by atoms with E-state index in [1.165, 1.54) is 13.0 Å². The van der Waals surface area contributed by atoms with Gasteiger partial charge in [0.15, 0.2) is 5.16 Å². The molecule has 27 heavy (non-hydrogen) atoms. The molecule has 3 amide bonds. The number of thioether (sulfide) groups is 1. The number of hydrogen-bond acceptors (Lipinski definition) is 5. The summed E-state index contributed by atoms with van der Waals surface area (Å²) in [6, 6.07) is 5.64. The van der Waals surface area contributed by atoms with Crippen LogP contribution in [0.25, 0.3) is 0 Å². The minimum Gasteiger partial charge on any atom is -0.307 e. The van der Waals surface area contributed by atoms with Crippen LogP contribution in [-0.4, -0.2) is 32.0 Å². The molecule has 0 aliphatic heterocycles. The topological polar surface area (TPSA) is 101 Å². The first-order chi connectivity index (χ1) is 12.6. The van der Waals surface area contributed by atoms with E-state index < -0.39 is 29.2 Å². The van der Waals surface area contributed by atoms with Crippen LogP contribution in [0.5, 0.6) is 0 Å². The Kier molecular flexibility index (Phi) is 6.54. The molecule has 0 aliphatic carbocycles. The van der Waals surface area contributed by atoms with Gasteiger partial charge in [-0.3, -0.25) is 10.2 Å². The summed E-state index contributed by atoms with van der Waals surface area (Å²) in [7, 11) is 1.15. The Balaban J connectivity index is 1.87. The second-order valence-corrected chi connectivity index (χ2v) is 6.95. The van der Waals surface area contributed by atoms with Crippen molar-refractivity contribution in [3.8, 4) is 0 Å². The van der Waals surface area contributed by atoms with E-state index in [0.29, 0.717) is 10.7 Å². The molecule has 0 spiro atoms.